The van der Waals surface area contributed by atoms with Crippen molar-refractivity contribution in [2.75, 3.05) is 19.6 Å². The number of amides is 1. The Kier molecular flexibility index (Phi) is 6.00. The fraction of sp³-hybridized carbons (Fsp3) is 0.304. The van der Waals surface area contributed by atoms with E-state index in [0.29, 0.717) is 13.0 Å². The molecule has 0 saturated carbocycles. The van der Waals surface area contributed by atoms with Gasteiger partial charge in [-0.1, -0.05) is 18.2 Å². The van der Waals surface area contributed by atoms with Crippen LogP contribution in [0.3, 0.4) is 0 Å². The molecule has 29 heavy (non-hydrogen) atoms. The van der Waals surface area contributed by atoms with E-state index in [0.717, 1.165) is 55.0 Å². The summed E-state index contributed by atoms with van der Waals surface area (Å²) < 4.78 is 15.2. The van der Waals surface area contributed by atoms with Crippen molar-refractivity contribution in [3.8, 4) is 16.9 Å². The monoisotopic (exact) mass is 392 g/mol. The first-order valence-electron chi connectivity index (χ1n) is 10.1. The third kappa shape index (κ3) is 4.71. The molecule has 0 radical (unpaired) electrons. The molecule has 0 unspecified atom stereocenters. The third-order valence-electron chi connectivity index (χ3n) is 5.20. The number of hydrogen-bond donors (Lipinski definition) is 1. The normalized spacial score (nSPS) is 14.0. The van der Waals surface area contributed by atoms with E-state index in [9.17, 15) is 9.18 Å². The van der Waals surface area contributed by atoms with Gasteiger partial charge in [0.25, 0.3) is 0 Å². The molecule has 0 atom stereocenters. The van der Waals surface area contributed by atoms with Crippen molar-refractivity contribution in [3.63, 3.8) is 0 Å². The highest BCUT2D eigenvalue weighted by atomic mass is 19.1. The lowest BCUT2D eigenvalue weighted by atomic mass is 10.1. The highest BCUT2D eigenvalue weighted by Crippen LogP contribution is 2.24. The van der Waals surface area contributed by atoms with Crippen molar-refractivity contribution < 1.29 is 9.18 Å². The highest BCUT2D eigenvalue weighted by molar-refractivity contribution is 5.78. The third-order valence-corrected chi connectivity index (χ3v) is 5.20. The second-order valence-corrected chi connectivity index (χ2v) is 7.30. The minimum Gasteiger partial charge on any atom is -0.343 e. The number of para-hydroxylation sites is 1. The summed E-state index contributed by atoms with van der Waals surface area (Å²) in [7, 11) is 0. The number of carbonyl (C=O) groups excluding carboxylic acids is 1. The quantitative estimate of drug-likeness (QED) is 0.594. The number of nitrogens with zero attached hydrogens (tertiary/aromatic N) is 3. The average Bonchev–Trinajstić information content (AvgIpc) is 3.35. The predicted octanol–water partition coefficient (Wildman–Crippen LogP) is 3.78. The van der Waals surface area contributed by atoms with Gasteiger partial charge in [-0.05, 0) is 55.8 Å². The van der Waals surface area contributed by atoms with Crippen molar-refractivity contribution in [2.24, 2.45) is 0 Å². The molecular weight excluding hydrogens is 367 g/mol. The fourth-order valence-corrected chi connectivity index (χ4v) is 3.66. The number of nitrogens with one attached hydrogen (secondary N) is 1. The second kappa shape index (κ2) is 9.01. The van der Waals surface area contributed by atoms with Crippen LogP contribution in [0.15, 0.2) is 60.8 Å². The smallest absolute Gasteiger partial charge is 0.222 e. The second-order valence-electron chi connectivity index (χ2n) is 7.30. The van der Waals surface area contributed by atoms with E-state index in [4.69, 9.17) is 5.10 Å². The summed E-state index contributed by atoms with van der Waals surface area (Å²) in [6, 6.07) is 16.4. The van der Waals surface area contributed by atoms with E-state index < -0.39 is 0 Å². The number of benzene rings is 2. The van der Waals surface area contributed by atoms with Gasteiger partial charge in [0.2, 0.25) is 5.91 Å². The molecule has 2 heterocycles. The summed E-state index contributed by atoms with van der Waals surface area (Å²) in [5, 5.41) is 8.21. The number of hydrogen-bond acceptors (Lipinski definition) is 3. The summed E-state index contributed by atoms with van der Waals surface area (Å²) >= 11 is 0. The number of carbonyl (C=O) groups is 1. The molecule has 4 rings (SSSR count). The minimum absolute atomic E-state index is 0.257. The van der Waals surface area contributed by atoms with Crippen molar-refractivity contribution in [1.82, 2.24) is 20.0 Å². The molecule has 0 spiro atoms. The zero-order valence-electron chi connectivity index (χ0n) is 16.4. The lowest BCUT2D eigenvalue weighted by molar-refractivity contribution is -0.127. The number of rotatable bonds is 8. The number of aromatic nitrogens is 2. The van der Waals surface area contributed by atoms with Crippen LogP contribution in [0.5, 0.6) is 0 Å². The van der Waals surface area contributed by atoms with Crippen molar-refractivity contribution >= 4 is 5.91 Å². The lowest BCUT2D eigenvalue weighted by Crippen LogP contribution is -2.28. The van der Waals surface area contributed by atoms with E-state index in [1.54, 1.807) is 12.1 Å². The van der Waals surface area contributed by atoms with Crippen LogP contribution in [0.2, 0.25) is 0 Å². The number of likely N-dealkylation sites (tertiary alicyclic amines) is 1. The van der Waals surface area contributed by atoms with Crippen LogP contribution in [-0.4, -0.2) is 40.2 Å². The van der Waals surface area contributed by atoms with Crippen molar-refractivity contribution in [1.29, 1.82) is 0 Å². The maximum absolute atomic E-state index is 13.4. The maximum Gasteiger partial charge on any atom is 0.222 e. The largest absolute Gasteiger partial charge is 0.343 e. The molecule has 1 amide bonds. The van der Waals surface area contributed by atoms with Crippen LogP contribution in [0, 0.1) is 5.82 Å². The fourth-order valence-electron chi connectivity index (χ4n) is 3.66. The Morgan fingerprint density at radius 3 is 2.59 bits per heavy atom. The van der Waals surface area contributed by atoms with Crippen LogP contribution < -0.4 is 5.32 Å². The van der Waals surface area contributed by atoms with Gasteiger partial charge < -0.3 is 10.2 Å². The summed E-state index contributed by atoms with van der Waals surface area (Å²) in [5.41, 5.74) is 3.77. The van der Waals surface area contributed by atoms with E-state index in [2.05, 4.69) is 5.32 Å². The standard InChI is InChI=1S/C23H25FN4O/c24-20-11-9-18(10-12-20)23-19(17-28(26-23)21-6-2-1-3-7-21)16-25-13-5-15-27-14-4-8-22(27)29/h1-3,6-7,9-12,17,25H,4-5,8,13-16H2. The Morgan fingerprint density at radius 1 is 1.07 bits per heavy atom. The average molecular weight is 392 g/mol. The minimum atomic E-state index is -0.257. The first-order chi connectivity index (χ1) is 14.2. The summed E-state index contributed by atoms with van der Waals surface area (Å²) in [4.78, 5) is 13.6. The molecule has 6 heteroatoms. The molecule has 3 aromatic rings. The van der Waals surface area contributed by atoms with Gasteiger partial charge in [0.15, 0.2) is 0 Å². The molecular formula is C23H25FN4O. The SMILES string of the molecule is O=C1CCCN1CCCNCc1cn(-c2ccccc2)nc1-c1ccc(F)cc1. The van der Waals surface area contributed by atoms with Crippen LogP contribution in [0.4, 0.5) is 4.39 Å². The zero-order valence-corrected chi connectivity index (χ0v) is 16.4. The summed E-state index contributed by atoms with van der Waals surface area (Å²) in [6.07, 6.45) is 4.61. The molecule has 1 saturated heterocycles. The molecule has 2 aromatic carbocycles. The van der Waals surface area contributed by atoms with Crippen molar-refractivity contribution in [2.45, 2.75) is 25.8 Å². The molecule has 0 aliphatic carbocycles. The van der Waals surface area contributed by atoms with Gasteiger partial charge in [0.05, 0.1) is 11.4 Å². The Labute approximate surface area is 170 Å². The van der Waals surface area contributed by atoms with E-state index >= 15 is 0 Å². The Hall–Kier alpha value is -2.99. The highest BCUT2D eigenvalue weighted by Gasteiger charge is 2.19. The molecule has 1 fully saturated rings. The van der Waals surface area contributed by atoms with Gasteiger partial charge in [-0.3, -0.25) is 4.79 Å². The maximum atomic E-state index is 13.4. The van der Waals surface area contributed by atoms with Gasteiger partial charge in [-0.15, -0.1) is 0 Å². The zero-order chi connectivity index (χ0) is 20.1. The van der Waals surface area contributed by atoms with Gasteiger partial charge in [0.1, 0.15) is 5.82 Å². The topological polar surface area (TPSA) is 50.2 Å². The molecule has 150 valence electrons. The van der Waals surface area contributed by atoms with Crippen LogP contribution in [0.1, 0.15) is 24.8 Å². The Balaban J connectivity index is 1.45. The molecule has 1 aliphatic heterocycles. The first kappa shape index (κ1) is 19.3. The molecule has 1 N–H and O–H groups in total. The molecule has 0 bridgehead atoms. The van der Waals surface area contributed by atoms with Crippen LogP contribution in [0.25, 0.3) is 16.9 Å². The summed E-state index contributed by atoms with van der Waals surface area (Å²) in [5.74, 6) is 0.0140. The number of halogens is 1. The molecule has 5 nitrogen and oxygen atoms in total. The summed E-state index contributed by atoms with van der Waals surface area (Å²) in [6.45, 7) is 3.17. The van der Waals surface area contributed by atoms with E-state index in [-0.39, 0.29) is 11.7 Å². The van der Waals surface area contributed by atoms with Crippen LogP contribution >= 0.6 is 0 Å². The van der Waals surface area contributed by atoms with Crippen LogP contribution in [-0.2, 0) is 11.3 Å². The van der Waals surface area contributed by atoms with Gasteiger partial charge in [-0.25, -0.2) is 9.07 Å². The van der Waals surface area contributed by atoms with Crippen molar-refractivity contribution in [3.05, 3.63) is 72.2 Å². The Bertz CT molecular complexity index is 953. The first-order valence-corrected chi connectivity index (χ1v) is 10.1. The lowest BCUT2D eigenvalue weighted by Gasteiger charge is -2.15. The van der Waals surface area contributed by atoms with Gasteiger partial charge in [0, 0.05) is 43.4 Å². The Morgan fingerprint density at radius 2 is 1.86 bits per heavy atom. The van der Waals surface area contributed by atoms with Gasteiger partial charge in [-0.2, -0.15) is 5.10 Å². The van der Waals surface area contributed by atoms with E-state index in [1.807, 2.05) is 46.1 Å². The molecule has 1 aromatic heterocycles. The molecule has 1 aliphatic rings. The predicted molar refractivity (Wildman–Crippen MR) is 111 cm³/mol. The van der Waals surface area contributed by atoms with E-state index in [1.165, 1.54) is 12.1 Å². The van der Waals surface area contributed by atoms with Gasteiger partial charge >= 0.3 is 0 Å².